The molecule has 20 heavy (non-hydrogen) atoms. The zero-order chi connectivity index (χ0) is 14.7. The van der Waals surface area contributed by atoms with Crippen molar-refractivity contribution in [2.45, 2.75) is 33.1 Å². The van der Waals surface area contributed by atoms with Crippen LogP contribution in [0.3, 0.4) is 0 Å². The molecule has 4 nitrogen and oxygen atoms in total. The highest BCUT2D eigenvalue weighted by Gasteiger charge is 2.42. The van der Waals surface area contributed by atoms with Gasteiger partial charge in [-0.3, -0.25) is 9.59 Å². The summed E-state index contributed by atoms with van der Waals surface area (Å²) in [7, 11) is 0. The highest BCUT2D eigenvalue weighted by atomic mass is 16.4. The highest BCUT2D eigenvalue weighted by Crippen LogP contribution is 2.39. The van der Waals surface area contributed by atoms with Crippen molar-refractivity contribution in [3.63, 3.8) is 0 Å². The van der Waals surface area contributed by atoms with Crippen LogP contribution in [0.4, 0.5) is 5.69 Å². The molecule has 1 aromatic rings. The second-order valence-corrected chi connectivity index (χ2v) is 5.65. The Morgan fingerprint density at radius 2 is 1.80 bits per heavy atom. The maximum atomic E-state index is 12.3. The summed E-state index contributed by atoms with van der Waals surface area (Å²) < 4.78 is 0. The number of anilines is 1. The smallest absolute Gasteiger partial charge is 0.307 e. The fourth-order valence-electron chi connectivity index (χ4n) is 2.91. The first-order valence-electron chi connectivity index (χ1n) is 7.11. The molecule has 108 valence electrons. The van der Waals surface area contributed by atoms with Crippen LogP contribution in [-0.4, -0.2) is 17.0 Å². The summed E-state index contributed by atoms with van der Waals surface area (Å²) in [6.45, 7) is 4.03. The number of amides is 1. The van der Waals surface area contributed by atoms with Gasteiger partial charge in [0.05, 0.1) is 11.8 Å². The first kappa shape index (κ1) is 14.6. The van der Waals surface area contributed by atoms with Crippen molar-refractivity contribution >= 4 is 17.6 Å². The normalized spacial score (nSPS) is 25.4. The molecular weight excluding hydrogens is 254 g/mol. The lowest BCUT2D eigenvalue weighted by molar-refractivity contribution is -0.145. The molecule has 2 N–H and O–H groups in total. The number of hydrogen-bond donors (Lipinski definition) is 2. The van der Waals surface area contributed by atoms with Crippen LogP contribution in [0.2, 0.25) is 0 Å². The third-order valence-corrected chi connectivity index (χ3v) is 4.21. The minimum Gasteiger partial charge on any atom is -0.481 e. The SMILES string of the molecule is CCC1CC(C(=O)O)C(C(=O)Nc2ccc(C)cc2)C1. The largest absolute Gasteiger partial charge is 0.481 e. The number of rotatable bonds is 4. The van der Waals surface area contributed by atoms with Gasteiger partial charge in [0, 0.05) is 5.69 Å². The van der Waals surface area contributed by atoms with Crippen LogP contribution < -0.4 is 5.32 Å². The summed E-state index contributed by atoms with van der Waals surface area (Å²) in [6.07, 6.45) is 2.21. The molecule has 0 spiro atoms. The predicted molar refractivity (Wildman–Crippen MR) is 77.4 cm³/mol. The second kappa shape index (κ2) is 6.07. The van der Waals surface area contributed by atoms with Crippen LogP contribution in [0.5, 0.6) is 0 Å². The van der Waals surface area contributed by atoms with Gasteiger partial charge in [-0.05, 0) is 37.8 Å². The summed E-state index contributed by atoms with van der Waals surface area (Å²) in [5, 5.41) is 12.1. The van der Waals surface area contributed by atoms with Gasteiger partial charge in [-0.2, -0.15) is 0 Å². The van der Waals surface area contributed by atoms with Gasteiger partial charge in [-0.1, -0.05) is 31.0 Å². The van der Waals surface area contributed by atoms with E-state index in [9.17, 15) is 14.7 Å². The fraction of sp³-hybridized carbons (Fsp3) is 0.500. The zero-order valence-corrected chi connectivity index (χ0v) is 11.9. The van der Waals surface area contributed by atoms with Gasteiger partial charge >= 0.3 is 5.97 Å². The molecule has 0 radical (unpaired) electrons. The molecule has 0 bridgehead atoms. The Hall–Kier alpha value is -1.84. The average molecular weight is 275 g/mol. The van der Waals surface area contributed by atoms with Gasteiger partial charge in [0.25, 0.3) is 0 Å². The van der Waals surface area contributed by atoms with Gasteiger partial charge in [0.2, 0.25) is 5.91 Å². The molecule has 0 saturated heterocycles. The number of carbonyl (C=O) groups excluding carboxylic acids is 1. The maximum Gasteiger partial charge on any atom is 0.307 e. The topological polar surface area (TPSA) is 66.4 Å². The van der Waals surface area contributed by atoms with Crippen LogP contribution >= 0.6 is 0 Å². The van der Waals surface area contributed by atoms with Gasteiger partial charge < -0.3 is 10.4 Å². The standard InChI is InChI=1S/C16H21NO3/c1-3-11-8-13(14(9-11)16(19)20)15(18)17-12-6-4-10(2)5-7-12/h4-7,11,13-14H,3,8-9H2,1-2H3,(H,17,18)(H,19,20). The quantitative estimate of drug-likeness (QED) is 0.887. The minimum absolute atomic E-state index is 0.169. The number of carbonyl (C=O) groups is 2. The van der Waals surface area contributed by atoms with E-state index >= 15 is 0 Å². The lowest BCUT2D eigenvalue weighted by atomic mass is 9.95. The van der Waals surface area contributed by atoms with Crippen molar-refractivity contribution in [2.75, 3.05) is 5.32 Å². The average Bonchev–Trinajstić information content (AvgIpc) is 2.86. The first-order valence-corrected chi connectivity index (χ1v) is 7.11. The van der Waals surface area contributed by atoms with Crippen LogP contribution in [0.1, 0.15) is 31.7 Å². The summed E-state index contributed by atoms with van der Waals surface area (Å²) in [6, 6.07) is 7.53. The summed E-state index contributed by atoms with van der Waals surface area (Å²) in [4.78, 5) is 23.6. The van der Waals surface area contributed by atoms with Crippen LogP contribution in [0.15, 0.2) is 24.3 Å². The van der Waals surface area contributed by atoms with Crippen molar-refractivity contribution in [3.8, 4) is 0 Å². The van der Waals surface area contributed by atoms with E-state index in [1.165, 1.54) is 0 Å². The molecule has 1 aromatic carbocycles. The van der Waals surface area contributed by atoms with E-state index in [1.807, 2.05) is 38.1 Å². The third-order valence-electron chi connectivity index (χ3n) is 4.21. The summed E-state index contributed by atoms with van der Waals surface area (Å²) >= 11 is 0. The van der Waals surface area contributed by atoms with Crippen LogP contribution in [-0.2, 0) is 9.59 Å². The number of hydrogen-bond acceptors (Lipinski definition) is 2. The highest BCUT2D eigenvalue weighted by molar-refractivity contribution is 5.95. The Morgan fingerprint density at radius 1 is 1.20 bits per heavy atom. The number of nitrogens with one attached hydrogen (secondary N) is 1. The van der Waals surface area contributed by atoms with E-state index in [1.54, 1.807) is 0 Å². The predicted octanol–water partition coefficient (Wildman–Crippen LogP) is 3.07. The molecule has 0 heterocycles. The van der Waals surface area contributed by atoms with E-state index in [0.717, 1.165) is 17.7 Å². The van der Waals surface area contributed by atoms with Crippen molar-refractivity contribution in [3.05, 3.63) is 29.8 Å². The van der Waals surface area contributed by atoms with Gasteiger partial charge in [-0.25, -0.2) is 0 Å². The van der Waals surface area contributed by atoms with E-state index in [2.05, 4.69) is 5.32 Å². The maximum absolute atomic E-state index is 12.3. The first-order chi connectivity index (χ1) is 9.51. The molecule has 1 saturated carbocycles. The zero-order valence-electron chi connectivity index (χ0n) is 11.9. The van der Waals surface area contributed by atoms with E-state index < -0.39 is 17.8 Å². The Labute approximate surface area is 119 Å². The Morgan fingerprint density at radius 3 is 2.35 bits per heavy atom. The Kier molecular flexibility index (Phi) is 4.42. The number of aryl methyl sites for hydroxylation is 1. The Balaban J connectivity index is 2.07. The van der Waals surface area contributed by atoms with Crippen molar-refractivity contribution < 1.29 is 14.7 Å². The number of benzene rings is 1. The van der Waals surface area contributed by atoms with Gasteiger partial charge in [0.15, 0.2) is 0 Å². The third kappa shape index (κ3) is 3.18. The molecule has 2 rings (SSSR count). The van der Waals surface area contributed by atoms with Crippen molar-refractivity contribution in [1.82, 2.24) is 0 Å². The fourth-order valence-corrected chi connectivity index (χ4v) is 2.91. The van der Waals surface area contributed by atoms with Crippen LogP contribution in [0, 0.1) is 24.7 Å². The van der Waals surface area contributed by atoms with E-state index in [4.69, 9.17) is 0 Å². The molecule has 3 unspecified atom stereocenters. The summed E-state index contributed by atoms with van der Waals surface area (Å²) in [5.41, 5.74) is 1.85. The molecule has 1 amide bonds. The monoisotopic (exact) mass is 275 g/mol. The molecule has 3 atom stereocenters. The number of carboxylic acids is 1. The number of aliphatic carboxylic acids is 1. The van der Waals surface area contributed by atoms with E-state index in [-0.39, 0.29) is 5.91 Å². The molecule has 0 aromatic heterocycles. The van der Waals surface area contributed by atoms with E-state index in [0.29, 0.717) is 18.8 Å². The number of carboxylic acid groups (broad SMARTS) is 1. The lowest BCUT2D eigenvalue weighted by Crippen LogP contribution is -2.29. The molecule has 0 aliphatic heterocycles. The minimum atomic E-state index is -0.856. The lowest BCUT2D eigenvalue weighted by Gasteiger charge is -2.15. The molecule has 1 aliphatic rings. The van der Waals surface area contributed by atoms with Crippen LogP contribution in [0.25, 0.3) is 0 Å². The molecule has 1 fully saturated rings. The summed E-state index contributed by atoms with van der Waals surface area (Å²) in [5.74, 6) is -1.66. The van der Waals surface area contributed by atoms with Crippen molar-refractivity contribution in [1.29, 1.82) is 0 Å². The Bertz CT molecular complexity index is 495. The second-order valence-electron chi connectivity index (χ2n) is 5.65. The molecule has 4 heteroatoms. The van der Waals surface area contributed by atoms with Gasteiger partial charge in [0.1, 0.15) is 0 Å². The van der Waals surface area contributed by atoms with Gasteiger partial charge in [-0.15, -0.1) is 0 Å². The molecular formula is C16H21NO3. The van der Waals surface area contributed by atoms with Crippen molar-refractivity contribution in [2.24, 2.45) is 17.8 Å². The molecule has 1 aliphatic carbocycles.